The van der Waals surface area contributed by atoms with E-state index in [1.165, 1.54) is 0 Å². The standard InChI is InChI=1S/C11H16BrN3O/c1-7(13)11(16)14-9-6-8(12)4-5-10(9)15(2)3/h4-7H,13H2,1-3H3,(H,14,16). The minimum atomic E-state index is -0.519. The van der Waals surface area contributed by atoms with E-state index in [1.807, 2.05) is 37.2 Å². The Morgan fingerprint density at radius 3 is 2.62 bits per heavy atom. The third-order valence-corrected chi connectivity index (χ3v) is 2.61. The predicted molar refractivity (Wildman–Crippen MR) is 70.7 cm³/mol. The fourth-order valence-corrected chi connectivity index (χ4v) is 1.61. The van der Waals surface area contributed by atoms with E-state index in [9.17, 15) is 4.79 Å². The van der Waals surface area contributed by atoms with Crippen LogP contribution in [0.5, 0.6) is 0 Å². The normalized spacial score (nSPS) is 12.1. The molecule has 16 heavy (non-hydrogen) atoms. The molecule has 0 heterocycles. The highest BCUT2D eigenvalue weighted by Crippen LogP contribution is 2.27. The minimum Gasteiger partial charge on any atom is -0.376 e. The lowest BCUT2D eigenvalue weighted by Gasteiger charge is -2.18. The molecular formula is C11H16BrN3O. The number of carbonyl (C=O) groups excluding carboxylic acids is 1. The Balaban J connectivity index is 3.01. The maximum Gasteiger partial charge on any atom is 0.241 e. The number of nitrogens with two attached hydrogens (primary N) is 1. The van der Waals surface area contributed by atoms with E-state index in [1.54, 1.807) is 6.92 Å². The molecule has 1 amide bonds. The minimum absolute atomic E-state index is 0.193. The molecule has 1 rings (SSSR count). The molecule has 0 saturated heterocycles. The van der Waals surface area contributed by atoms with Crippen LogP contribution in [0, 0.1) is 0 Å². The Kier molecular flexibility index (Phi) is 4.32. The number of amides is 1. The van der Waals surface area contributed by atoms with Crippen LogP contribution < -0.4 is 16.0 Å². The number of halogens is 1. The zero-order chi connectivity index (χ0) is 12.3. The number of nitrogens with zero attached hydrogens (tertiary/aromatic N) is 1. The largest absolute Gasteiger partial charge is 0.376 e. The number of hydrogen-bond acceptors (Lipinski definition) is 3. The Morgan fingerprint density at radius 1 is 1.50 bits per heavy atom. The van der Waals surface area contributed by atoms with Gasteiger partial charge in [-0.25, -0.2) is 0 Å². The molecule has 1 aromatic rings. The van der Waals surface area contributed by atoms with Gasteiger partial charge in [-0.2, -0.15) is 0 Å². The smallest absolute Gasteiger partial charge is 0.241 e. The number of nitrogens with one attached hydrogen (secondary N) is 1. The lowest BCUT2D eigenvalue weighted by molar-refractivity contribution is -0.117. The molecule has 0 saturated carbocycles. The number of carbonyl (C=O) groups is 1. The van der Waals surface area contributed by atoms with E-state index in [0.717, 1.165) is 15.8 Å². The fraction of sp³-hybridized carbons (Fsp3) is 0.364. The zero-order valence-electron chi connectivity index (χ0n) is 9.62. The molecule has 3 N–H and O–H groups in total. The summed E-state index contributed by atoms with van der Waals surface area (Å²) in [5, 5.41) is 2.80. The summed E-state index contributed by atoms with van der Waals surface area (Å²) in [5.41, 5.74) is 7.20. The lowest BCUT2D eigenvalue weighted by Crippen LogP contribution is -2.33. The molecule has 1 aromatic carbocycles. The highest BCUT2D eigenvalue weighted by molar-refractivity contribution is 9.10. The van der Waals surface area contributed by atoms with Crippen LogP contribution >= 0.6 is 15.9 Å². The summed E-state index contributed by atoms with van der Waals surface area (Å²) in [6.45, 7) is 1.66. The van der Waals surface area contributed by atoms with Crippen LogP contribution in [-0.2, 0) is 4.79 Å². The van der Waals surface area contributed by atoms with Gasteiger partial charge >= 0.3 is 0 Å². The van der Waals surface area contributed by atoms with Crippen molar-refractivity contribution >= 4 is 33.2 Å². The van der Waals surface area contributed by atoms with Gasteiger partial charge in [0.2, 0.25) is 5.91 Å². The lowest BCUT2D eigenvalue weighted by atomic mass is 10.2. The summed E-state index contributed by atoms with van der Waals surface area (Å²) in [6, 6.07) is 5.20. The van der Waals surface area contributed by atoms with Crippen LogP contribution in [0.4, 0.5) is 11.4 Å². The summed E-state index contributed by atoms with van der Waals surface area (Å²) in [6.07, 6.45) is 0. The average molecular weight is 286 g/mol. The van der Waals surface area contributed by atoms with Gasteiger partial charge in [-0.15, -0.1) is 0 Å². The SMILES string of the molecule is CC(N)C(=O)Nc1cc(Br)ccc1N(C)C. The van der Waals surface area contributed by atoms with Crippen molar-refractivity contribution in [1.82, 2.24) is 0 Å². The Labute approximate surface area is 104 Å². The first-order chi connectivity index (χ1) is 7.41. The molecule has 88 valence electrons. The van der Waals surface area contributed by atoms with Crippen molar-refractivity contribution in [3.8, 4) is 0 Å². The van der Waals surface area contributed by atoms with Gasteiger partial charge < -0.3 is 16.0 Å². The number of benzene rings is 1. The first-order valence-electron chi connectivity index (χ1n) is 4.95. The van der Waals surface area contributed by atoms with Crippen molar-refractivity contribution in [1.29, 1.82) is 0 Å². The molecule has 5 heteroatoms. The molecule has 1 unspecified atom stereocenters. The van der Waals surface area contributed by atoms with E-state index >= 15 is 0 Å². The van der Waals surface area contributed by atoms with Crippen LogP contribution in [0.15, 0.2) is 22.7 Å². The quantitative estimate of drug-likeness (QED) is 0.890. The van der Waals surface area contributed by atoms with Gasteiger partial charge in [0.05, 0.1) is 17.4 Å². The van der Waals surface area contributed by atoms with Gasteiger partial charge in [-0.05, 0) is 25.1 Å². The highest BCUT2D eigenvalue weighted by Gasteiger charge is 2.11. The van der Waals surface area contributed by atoms with E-state index in [0.29, 0.717) is 0 Å². The van der Waals surface area contributed by atoms with Crippen molar-refractivity contribution in [2.75, 3.05) is 24.3 Å². The summed E-state index contributed by atoms with van der Waals surface area (Å²) in [5.74, 6) is -0.193. The van der Waals surface area contributed by atoms with E-state index in [4.69, 9.17) is 5.73 Å². The van der Waals surface area contributed by atoms with Crippen molar-refractivity contribution < 1.29 is 4.79 Å². The first-order valence-corrected chi connectivity index (χ1v) is 5.74. The zero-order valence-corrected chi connectivity index (χ0v) is 11.2. The van der Waals surface area contributed by atoms with Gasteiger partial charge in [0.25, 0.3) is 0 Å². The van der Waals surface area contributed by atoms with E-state index < -0.39 is 6.04 Å². The third kappa shape index (κ3) is 3.21. The molecule has 0 aliphatic carbocycles. The average Bonchev–Trinajstić information content (AvgIpc) is 2.16. The molecule has 0 aliphatic rings. The molecule has 0 fully saturated rings. The fourth-order valence-electron chi connectivity index (χ4n) is 1.24. The summed E-state index contributed by atoms with van der Waals surface area (Å²) < 4.78 is 0.915. The second-order valence-corrected chi connectivity index (χ2v) is 4.75. The Bertz CT molecular complexity index is 391. The maximum atomic E-state index is 11.5. The second-order valence-electron chi connectivity index (χ2n) is 3.83. The summed E-state index contributed by atoms with van der Waals surface area (Å²) >= 11 is 3.37. The number of rotatable bonds is 3. The molecule has 0 aromatic heterocycles. The first kappa shape index (κ1) is 13.0. The Hall–Kier alpha value is -1.07. The maximum absolute atomic E-state index is 11.5. The van der Waals surface area contributed by atoms with E-state index in [-0.39, 0.29) is 5.91 Å². The van der Waals surface area contributed by atoms with Crippen molar-refractivity contribution in [2.45, 2.75) is 13.0 Å². The van der Waals surface area contributed by atoms with Gasteiger partial charge in [0, 0.05) is 18.6 Å². The van der Waals surface area contributed by atoms with Crippen molar-refractivity contribution in [3.05, 3.63) is 22.7 Å². The van der Waals surface area contributed by atoms with E-state index in [2.05, 4.69) is 21.2 Å². The molecule has 1 atom stereocenters. The highest BCUT2D eigenvalue weighted by atomic mass is 79.9. The van der Waals surface area contributed by atoms with Gasteiger partial charge in [0.15, 0.2) is 0 Å². The van der Waals surface area contributed by atoms with Crippen LogP contribution in [0.3, 0.4) is 0 Å². The van der Waals surface area contributed by atoms with Gasteiger partial charge in [-0.3, -0.25) is 4.79 Å². The number of hydrogen-bond donors (Lipinski definition) is 2. The third-order valence-electron chi connectivity index (χ3n) is 2.11. The van der Waals surface area contributed by atoms with Crippen LogP contribution in [0.1, 0.15) is 6.92 Å². The summed E-state index contributed by atoms with van der Waals surface area (Å²) in [4.78, 5) is 13.5. The molecule has 0 radical (unpaired) electrons. The molecular weight excluding hydrogens is 270 g/mol. The van der Waals surface area contributed by atoms with Crippen LogP contribution in [-0.4, -0.2) is 26.0 Å². The summed E-state index contributed by atoms with van der Waals surface area (Å²) in [7, 11) is 3.84. The van der Waals surface area contributed by atoms with Crippen LogP contribution in [0.2, 0.25) is 0 Å². The van der Waals surface area contributed by atoms with Crippen molar-refractivity contribution in [2.24, 2.45) is 5.73 Å². The monoisotopic (exact) mass is 285 g/mol. The molecule has 0 spiro atoms. The molecule has 0 aliphatic heterocycles. The second kappa shape index (κ2) is 5.32. The van der Waals surface area contributed by atoms with Crippen molar-refractivity contribution in [3.63, 3.8) is 0 Å². The molecule has 0 bridgehead atoms. The topological polar surface area (TPSA) is 58.4 Å². The van der Waals surface area contributed by atoms with Crippen LogP contribution in [0.25, 0.3) is 0 Å². The Morgan fingerprint density at radius 2 is 2.12 bits per heavy atom. The van der Waals surface area contributed by atoms with Gasteiger partial charge in [-0.1, -0.05) is 15.9 Å². The predicted octanol–water partition coefficient (Wildman–Crippen LogP) is 1.80. The molecule has 4 nitrogen and oxygen atoms in total. The number of anilines is 2. The van der Waals surface area contributed by atoms with Gasteiger partial charge in [0.1, 0.15) is 0 Å².